The predicted molar refractivity (Wildman–Crippen MR) is 81.9 cm³/mol. The van der Waals surface area contributed by atoms with E-state index in [0.29, 0.717) is 13.0 Å². The fourth-order valence-corrected chi connectivity index (χ4v) is 3.66. The standard InChI is InChI=1S/C15H16N2O2S/c1-10(18)20-11-8-15(19)17(9-11)14-5-3-4-13-12(14)6-7-16(13)2/h3-7,11H,8-9H2,1-2H3. The summed E-state index contributed by atoms with van der Waals surface area (Å²) in [4.78, 5) is 25.2. The molecule has 1 amide bonds. The van der Waals surface area contributed by atoms with Crippen LogP contribution in [-0.2, 0) is 16.6 Å². The Balaban J connectivity index is 1.95. The van der Waals surface area contributed by atoms with Crippen molar-refractivity contribution in [3.05, 3.63) is 30.5 Å². The second-order valence-electron chi connectivity index (χ2n) is 5.08. The van der Waals surface area contributed by atoms with Crippen LogP contribution in [0.15, 0.2) is 30.5 Å². The van der Waals surface area contributed by atoms with Crippen molar-refractivity contribution in [2.45, 2.75) is 18.6 Å². The number of benzene rings is 1. The van der Waals surface area contributed by atoms with Crippen LogP contribution in [0.1, 0.15) is 13.3 Å². The molecule has 0 spiro atoms. The van der Waals surface area contributed by atoms with Crippen LogP contribution in [0.25, 0.3) is 10.9 Å². The summed E-state index contributed by atoms with van der Waals surface area (Å²) in [7, 11) is 1.99. The van der Waals surface area contributed by atoms with Crippen LogP contribution in [0.3, 0.4) is 0 Å². The molecular formula is C15H16N2O2S. The Hall–Kier alpha value is -1.75. The molecule has 1 atom stereocenters. The van der Waals surface area contributed by atoms with Crippen LogP contribution in [0.4, 0.5) is 5.69 Å². The SMILES string of the molecule is CC(=O)SC1CC(=O)N(c2cccc3c2ccn3C)C1. The summed E-state index contributed by atoms with van der Waals surface area (Å²) in [5.74, 6) is 0.0973. The third kappa shape index (κ3) is 2.22. The first-order valence-electron chi connectivity index (χ1n) is 6.58. The third-order valence-electron chi connectivity index (χ3n) is 3.62. The number of aromatic nitrogens is 1. The predicted octanol–water partition coefficient (Wildman–Crippen LogP) is 2.56. The van der Waals surface area contributed by atoms with E-state index in [9.17, 15) is 9.59 Å². The van der Waals surface area contributed by atoms with E-state index in [1.165, 1.54) is 11.8 Å². The molecule has 0 aliphatic carbocycles. The van der Waals surface area contributed by atoms with E-state index >= 15 is 0 Å². The molecule has 3 rings (SSSR count). The summed E-state index contributed by atoms with van der Waals surface area (Å²) in [5.41, 5.74) is 2.05. The van der Waals surface area contributed by atoms with Crippen LogP contribution in [0.2, 0.25) is 0 Å². The molecule has 1 aliphatic heterocycles. The maximum absolute atomic E-state index is 12.2. The topological polar surface area (TPSA) is 42.3 Å². The van der Waals surface area contributed by atoms with Crippen LogP contribution < -0.4 is 4.90 Å². The molecular weight excluding hydrogens is 272 g/mol. The van der Waals surface area contributed by atoms with Crippen LogP contribution in [-0.4, -0.2) is 27.4 Å². The summed E-state index contributed by atoms with van der Waals surface area (Å²) in [6, 6.07) is 8.02. The minimum atomic E-state index is 0.0685. The largest absolute Gasteiger partial charge is 0.350 e. The molecule has 1 aromatic heterocycles. The van der Waals surface area contributed by atoms with Crippen LogP contribution in [0, 0.1) is 0 Å². The van der Waals surface area contributed by atoms with Crippen molar-refractivity contribution in [2.75, 3.05) is 11.4 Å². The van der Waals surface area contributed by atoms with Gasteiger partial charge in [0.2, 0.25) is 5.91 Å². The maximum atomic E-state index is 12.2. The second-order valence-corrected chi connectivity index (χ2v) is 6.55. The van der Waals surface area contributed by atoms with Gasteiger partial charge < -0.3 is 9.47 Å². The molecule has 1 unspecified atom stereocenters. The third-order valence-corrected chi connectivity index (χ3v) is 4.60. The van der Waals surface area contributed by atoms with Crippen molar-refractivity contribution in [3.8, 4) is 0 Å². The second kappa shape index (κ2) is 4.98. The number of fused-ring (bicyclic) bond motifs is 1. The van der Waals surface area contributed by atoms with Crippen molar-refractivity contribution >= 4 is 39.4 Å². The van der Waals surface area contributed by atoms with E-state index in [1.54, 1.807) is 6.92 Å². The van der Waals surface area contributed by atoms with Gasteiger partial charge in [0, 0.05) is 49.3 Å². The minimum absolute atomic E-state index is 0.0685. The lowest BCUT2D eigenvalue weighted by Crippen LogP contribution is -2.25. The zero-order chi connectivity index (χ0) is 14.3. The smallest absolute Gasteiger partial charge is 0.228 e. The number of hydrogen-bond acceptors (Lipinski definition) is 3. The highest BCUT2D eigenvalue weighted by Gasteiger charge is 2.32. The molecule has 0 radical (unpaired) electrons. The van der Waals surface area contributed by atoms with Gasteiger partial charge in [-0.2, -0.15) is 0 Å². The molecule has 1 fully saturated rings. The van der Waals surface area contributed by atoms with Crippen LogP contribution >= 0.6 is 11.8 Å². The monoisotopic (exact) mass is 288 g/mol. The lowest BCUT2D eigenvalue weighted by molar-refractivity contribution is -0.117. The zero-order valence-corrected chi connectivity index (χ0v) is 12.3. The van der Waals surface area contributed by atoms with Gasteiger partial charge in [0.05, 0.1) is 5.69 Å². The summed E-state index contributed by atoms with van der Waals surface area (Å²) in [6.07, 6.45) is 2.43. The first kappa shape index (κ1) is 13.2. The van der Waals surface area contributed by atoms with Gasteiger partial charge in [0.25, 0.3) is 0 Å². The van der Waals surface area contributed by atoms with Gasteiger partial charge in [-0.1, -0.05) is 17.8 Å². The minimum Gasteiger partial charge on any atom is -0.350 e. The summed E-state index contributed by atoms with van der Waals surface area (Å²) >= 11 is 1.27. The van der Waals surface area contributed by atoms with Crippen molar-refractivity contribution in [2.24, 2.45) is 7.05 Å². The van der Waals surface area contributed by atoms with Gasteiger partial charge in [-0.05, 0) is 18.2 Å². The molecule has 1 aromatic carbocycles. The first-order valence-corrected chi connectivity index (χ1v) is 7.46. The Morgan fingerprint density at radius 3 is 2.90 bits per heavy atom. The van der Waals surface area contributed by atoms with Crippen LogP contribution in [0.5, 0.6) is 0 Å². The number of carbonyl (C=O) groups excluding carboxylic acids is 2. The molecule has 0 N–H and O–H groups in total. The molecule has 1 saturated heterocycles. The average molecular weight is 288 g/mol. The van der Waals surface area contributed by atoms with E-state index in [-0.39, 0.29) is 16.3 Å². The van der Waals surface area contributed by atoms with Crippen molar-refractivity contribution in [3.63, 3.8) is 0 Å². The van der Waals surface area contributed by atoms with Gasteiger partial charge in [0.1, 0.15) is 0 Å². The van der Waals surface area contributed by atoms with E-state index in [1.807, 2.05) is 47.0 Å². The molecule has 0 saturated carbocycles. The Morgan fingerprint density at radius 2 is 2.15 bits per heavy atom. The van der Waals surface area contributed by atoms with Gasteiger partial charge in [-0.25, -0.2) is 0 Å². The van der Waals surface area contributed by atoms with Gasteiger partial charge >= 0.3 is 0 Å². The number of aryl methyl sites for hydroxylation is 1. The van der Waals surface area contributed by atoms with Gasteiger partial charge in [-0.15, -0.1) is 0 Å². The summed E-state index contributed by atoms with van der Waals surface area (Å²) in [5, 5.41) is 1.22. The first-order chi connectivity index (χ1) is 9.56. The van der Waals surface area contributed by atoms with Crippen molar-refractivity contribution in [1.82, 2.24) is 4.57 Å². The fourth-order valence-electron chi connectivity index (χ4n) is 2.74. The lowest BCUT2D eigenvalue weighted by Gasteiger charge is -2.17. The molecule has 2 aromatic rings. The van der Waals surface area contributed by atoms with E-state index in [4.69, 9.17) is 0 Å². The highest BCUT2D eigenvalue weighted by molar-refractivity contribution is 8.14. The van der Waals surface area contributed by atoms with Crippen molar-refractivity contribution < 1.29 is 9.59 Å². The molecule has 104 valence electrons. The highest BCUT2D eigenvalue weighted by atomic mass is 32.2. The maximum Gasteiger partial charge on any atom is 0.228 e. The number of amides is 1. The zero-order valence-electron chi connectivity index (χ0n) is 11.5. The highest BCUT2D eigenvalue weighted by Crippen LogP contribution is 2.33. The number of carbonyl (C=O) groups is 2. The molecule has 4 nitrogen and oxygen atoms in total. The lowest BCUT2D eigenvalue weighted by atomic mass is 10.2. The average Bonchev–Trinajstić information content (AvgIpc) is 2.93. The fraction of sp³-hybridized carbons (Fsp3) is 0.333. The van der Waals surface area contributed by atoms with Gasteiger partial charge in [0.15, 0.2) is 5.12 Å². The number of rotatable bonds is 2. The van der Waals surface area contributed by atoms with Gasteiger partial charge in [-0.3, -0.25) is 9.59 Å². The normalized spacial score (nSPS) is 19.0. The molecule has 1 aliphatic rings. The Bertz CT molecular complexity index is 692. The Kier molecular flexibility index (Phi) is 3.30. The molecule has 2 heterocycles. The van der Waals surface area contributed by atoms with Crippen molar-refractivity contribution in [1.29, 1.82) is 0 Å². The Morgan fingerprint density at radius 1 is 1.35 bits per heavy atom. The van der Waals surface area contributed by atoms with E-state index in [0.717, 1.165) is 16.6 Å². The molecule has 5 heteroatoms. The number of anilines is 1. The quantitative estimate of drug-likeness (QED) is 0.853. The number of nitrogens with zero attached hydrogens (tertiary/aromatic N) is 2. The van der Waals surface area contributed by atoms with E-state index < -0.39 is 0 Å². The molecule has 0 bridgehead atoms. The summed E-state index contributed by atoms with van der Waals surface area (Å²) in [6.45, 7) is 2.16. The Labute approximate surface area is 121 Å². The number of thioether (sulfide) groups is 1. The number of hydrogen-bond donors (Lipinski definition) is 0. The molecule has 20 heavy (non-hydrogen) atoms. The summed E-state index contributed by atoms with van der Waals surface area (Å²) < 4.78 is 2.04. The van der Waals surface area contributed by atoms with E-state index in [2.05, 4.69) is 0 Å².